The van der Waals surface area contributed by atoms with Crippen LogP contribution in [0.4, 0.5) is 0 Å². The molecule has 0 radical (unpaired) electrons. The van der Waals surface area contributed by atoms with Crippen LogP contribution in [0.15, 0.2) is 12.4 Å². The molecule has 1 fully saturated rings. The molecule has 0 saturated heterocycles. The maximum absolute atomic E-state index is 9.95. The van der Waals surface area contributed by atoms with Crippen molar-refractivity contribution >= 4 is 0 Å². The predicted octanol–water partition coefficient (Wildman–Crippen LogP) is 1.74. The Morgan fingerprint density at radius 3 is 2.86 bits per heavy atom. The largest absolute Gasteiger partial charge is 0.391 e. The summed E-state index contributed by atoms with van der Waals surface area (Å²) in [6, 6.07) is 0. The highest BCUT2D eigenvalue weighted by Crippen LogP contribution is 2.28. The first-order valence-corrected chi connectivity index (χ1v) is 5.43. The van der Waals surface area contributed by atoms with Crippen LogP contribution in [-0.2, 0) is 6.54 Å². The van der Waals surface area contributed by atoms with Crippen molar-refractivity contribution < 1.29 is 5.11 Å². The highest BCUT2D eigenvalue weighted by molar-refractivity contribution is 4.99. The molecule has 1 aliphatic rings. The molecule has 0 aromatic carbocycles. The van der Waals surface area contributed by atoms with E-state index in [-0.39, 0.29) is 6.10 Å². The zero-order chi connectivity index (χ0) is 9.97. The summed E-state index contributed by atoms with van der Waals surface area (Å²) in [5.74, 6) is 0.500. The van der Waals surface area contributed by atoms with Gasteiger partial charge in [-0.15, -0.1) is 0 Å². The van der Waals surface area contributed by atoms with E-state index in [1.165, 1.54) is 25.7 Å². The average Bonchev–Trinajstić information content (AvgIpc) is 2.75. The molecule has 1 aliphatic carbocycles. The van der Waals surface area contributed by atoms with Crippen LogP contribution in [0.5, 0.6) is 0 Å². The lowest BCUT2D eigenvalue weighted by Gasteiger charge is -2.17. The fourth-order valence-corrected chi connectivity index (χ4v) is 2.25. The second-order valence-corrected chi connectivity index (χ2v) is 4.35. The van der Waals surface area contributed by atoms with E-state index in [1.807, 2.05) is 24.0 Å². The van der Waals surface area contributed by atoms with Gasteiger partial charge in [0.15, 0.2) is 0 Å². The Morgan fingerprint density at radius 2 is 2.29 bits per heavy atom. The van der Waals surface area contributed by atoms with Crippen molar-refractivity contribution in [2.75, 3.05) is 0 Å². The van der Waals surface area contributed by atoms with Crippen LogP contribution in [0, 0.1) is 12.8 Å². The molecule has 0 bridgehead atoms. The summed E-state index contributed by atoms with van der Waals surface area (Å²) in [5, 5.41) is 14.1. The Balaban J connectivity index is 1.90. The first-order chi connectivity index (χ1) is 6.75. The van der Waals surface area contributed by atoms with Crippen molar-refractivity contribution in [3.05, 3.63) is 18.0 Å². The van der Waals surface area contributed by atoms with Crippen LogP contribution in [0.1, 0.15) is 31.2 Å². The average molecular weight is 194 g/mol. The Morgan fingerprint density at radius 1 is 1.57 bits per heavy atom. The van der Waals surface area contributed by atoms with Crippen LogP contribution < -0.4 is 0 Å². The molecule has 0 aliphatic heterocycles. The number of aliphatic hydroxyl groups is 1. The maximum atomic E-state index is 9.95. The predicted molar refractivity (Wildman–Crippen MR) is 54.9 cm³/mol. The fourth-order valence-electron chi connectivity index (χ4n) is 2.25. The van der Waals surface area contributed by atoms with E-state index in [9.17, 15) is 5.11 Å². The lowest BCUT2D eigenvalue weighted by Crippen LogP contribution is -2.24. The van der Waals surface area contributed by atoms with Gasteiger partial charge in [0.1, 0.15) is 0 Å². The Bertz CT molecular complexity index is 289. The highest BCUT2D eigenvalue weighted by atomic mass is 16.3. The van der Waals surface area contributed by atoms with E-state index in [2.05, 4.69) is 5.10 Å². The van der Waals surface area contributed by atoms with Crippen molar-refractivity contribution in [1.82, 2.24) is 9.78 Å². The van der Waals surface area contributed by atoms with Gasteiger partial charge in [-0.25, -0.2) is 0 Å². The van der Waals surface area contributed by atoms with Crippen LogP contribution >= 0.6 is 0 Å². The van der Waals surface area contributed by atoms with Gasteiger partial charge < -0.3 is 5.11 Å². The van der Waals surface area contributed by atoms with E-state index in [4.69, 9.17) is 0 Å². The van der Waals surface area contributed by atoms with E-state index in [0.717, 1.165) is 5.56 Å². The summed E-state index contributed by atoms with van der Waals surface area (Å²) in [4.78, 5) is 0. The van der Waals surface area contributed by atoms with Gasteiger partial charge >= 0.3 is 0 Å². The van der Waals surface area contributed by atoms with Crippen molar-refractivity contribution in [1.29, 1.82) is 0 Å². The second-order valence-electron chi connectivity index (χ2n) is 4.35. The van der Waals surface area contributed by atoms with Crippen LogP contribution in [0.2, 0.25) is 0 Å². The molecule has 1 saturated carbocycles. The van der Waals surface area contributed by atoms with Crippen molar-refractivity contribution in [2.24, 2.45) is 5.92 Å². The number of rotatable bonds is 3. The lowest BCUT2D eigenvalue weighted by atomic mass is 10.0. The molecule has 2 rings (SSSR count). The minimum atomic E-state index is -0.211. The molecule has 14 heavy (non-hydrogen) atoms. The summed E-state index contributed by atoms with van der Waals surface area (Å²) in [6.07, 6.45) is 8.53. The highest BCUT2D eigenvalue weighted by Gasteiger charge is 2.23. The van der Waals surface area contributed by atoms with Gasteiger partial charge in [0.25, 0.3) is 0 Å². The summed E-state index contributed by atoms with van der Waals surface area (Å²) in [7, 11) is 0. The minimum absolute atomic E-state index is 0.211. The van der Waals surface area contributed by atoms with E-state index in [0.29, 0.717) is 12.5 Å². The normalized spacial score (nSPS) is 20.1. The summed E-state index contributed by atoms with van der Waals surface area (Å²) < 4.78 is 1.85. The maximum Gasteiger partial charge on any atom is 0.0764 e. The molecule has 3 nitrogen and oxygen atoms in total. The molecule has 0 spiro atoms. The Hall–Kier alpha value is -0.830. The molecule has 1 heterocycles. The zero-order valence-electron chi connectivity index (χ0n) is 8.69. The summed E-state index contributed by atoms with van der Waals surface area (Å²) in [5.41, 5.74) is 1.16. The second kappa shape index (κ2) is 4.13. The third-order valence-corrected chi connectivity index (χ3v) is 3.08. The first kappa shape index (κ1) is 9.71. The van der Waals surface area contributed by atoms with E-state index < -0.39 is 0 Å². The first-order valence-electron chi connectivity index (χ1n) is 5.43. The number of aryl methyl sites for hydroxylation is 1. The standard InChI is InChI=1S/C11H18N2O/c1-9-6-12-13(7-9)8-11(14)10-4-2-3-5-10/h6-7,10-11,14H,2-5,8H2,1H3. The van der Waals surface area contributed by atoms with Gasteiger partial charge in [0.05, 0.1) is 18.8 Å². The van der Waals surface area contributed by atoms with Crippen LogP contribution in [0.3, 0.4) is 0 Å². The molecule has 1 N–H and O–H groups in total. The molecular formula is C11H18N2O. The number of nitrogens with zero attached hydrogens (tertiary/aromatic N) is 2. The molecule has 3 heteroatoms. The molecule has 1 aromatic rings. The van der Waals surface area contributed by atoms with Gasteiger partial charge in [-0.2, -0.15) is 5.10 Å². The molecule has 78 valence electrons. The molecule has 1 unspecified atom stereocenters. The van der Waals surface area contributed by atoms with E-state index >= 15 is 0 Å². The number of hydrogen-bond acceptors (Lipinski definition) is 2. The third kappa shape index (κ3) is 2.15. The van der Waals surface area contributed by atoms with Gasteiger partial charge in [0, 0.05) is 6.20 Å². The molecule has 1 aromatic heterocycles. The van der Waals surface area contributed by atoms with Gasteiger partial charge in [-0.1, -0.05) is 12.8 Å². The lowest BCUT2D eigenvalue weighted by molar-refractivity contribution is 0.0894. The van der Waals surface area contributed by atoms with Gasteiger partial charge in [0.2, 0.25) is 0 Å². The monoisotopic (exact) mass is 194 g/mol. The zero-order valence-corrected chi connectivity index (χ0v) is 8.69. The Labute approximate surface area is 84.7 Å². The number of hydrogen-bond donors (Lipinski definition) is 1. The Kier molecular flexibility index (Phi) is 2.87. The SMILES string of the molecule is Cc1cnn(CC(O)C2CCCC2)c1. The smallest absolute Gasteiger partial charge is 0.0764 e. The van der Waals surface area contributed by atoms with Crippen molar-refractivity contribution in [3.63, 3.8) is 0 Å². The van der Waals surface area contributed by atoms with Crippen LogP contribution in [-0.4, -0.2) is 21.0 Å². The third-order valence-electron chi connectivity index (χ3n) is 3.08. The quantitative estimate of drug-likeness (QED) is 0.796. The summed E-state index contributed by atoms with van der Waals surface area (Å²) in [6.45, 7) is 2.67. The molecular weight excluding hydrogens is 176 g/mol. The molecule has 1 atom stereocenters. The fraction of sp³-hybridized carbons (Fsp3) is 0.727. The van der Waals surface area contributed by atoms with Gasteiger partial charge in [-0.3, -0.25) is 4.68 Å². The van der Waals surface area contributed by atoms with Crippen molar-refractivity contribution in [2.45, 2.75) is 45.3 Å². The van der Waals surface area contributed by atoms with E-state index in [1.54, 1.807) is 0 Å². The minimum Gasteiger partial charge on any atom is -0.391 e. The van der Waals surface area contributed by atoms with Gasteiger partial charge in [-0.05, 0) is 31.2 Å². The topological polar surface area (TPSA) is 38.0 Å². The molecule has 0 amide bonds. The van der Waals surface area contributed by atoms with Crippen molar-refractivity contribution in [3.8, 4) is 0 Å². The number of aliphatic hydroxyl groups excluding tert-OH is 1. The number of aromatic nitrogens is 2. The summed E-state index contributed by atoms with van der Waals surface area (Å²) >= 11 is 0. The van der Waals surface area contributed by atoms with Crippen LogP contribution in [0.25, 0.3) is 0 Å².